The van der Waals surface area contributed by atoms with Crippen LogP contribution in [0.4, 0.5) is 0 Å². The summed E-state index contributed by atoms with van der Waals surface area (Å²) < 4.78 is 17.0. The molecule has 0 atom stereocenters. The predicted molar refractivity (Wildman–Crippen MR) is 101 cm³/mol. The van der Waals surface area contributed by atoms with Gasteiger partial charge in [0.2, 0.25) is 0 Å². The average Bonchev–Trinajstić information content (AvgIpc) is 2.74. The minimum Gasteiger partial charge on any atom is -0.465 e. The highest BCUT2D eigenvalue weighted by molar-refractivity contribution is 6.56. The number of halogens is 1. The van der Waals surface area contributed by atoms with Gasteiger partial charge in [0.1, 0.15) is 0 Å². The number of likely N-dealkylation sites (N-methyl/N-ethyl adjacent to an activating group) is 1. The zero-order valence-electron chi connectivity index (χ0n) is 15.6. The molecule has 7 heteroatoms. The van der Waals surface area contributed by atoms with Crippen molar-refractivity contribution in [2.45, 2.75) is 38.9 Å². The number of rotatable bonds is 5. The molecule has 0 radical (unpaired) electrons. The van der Waals surface area contributed by atoms with Gasteiger partial charge in [0.15, 0.2) is 0 Å². The van der Waals surface area contributed by atoms with Crippen LogP contribution in [0.1, 0.15) is 43.6 Å². The van der Waals surface area contributed by atoms with Crippen molar-refractivity contribution in [3.05, 3.63) is 39.8 Å². The largest absolute Gasteiger partial charge is 0.491 e. The number of benzene rings is 1. The minimum atomic E-state index is -0.457. The number of ether oxygens (including phenoxy) is 1. The van der Waals surface area contributed by atoms with E-state index in [0.29, 0.717) is 17.1 Å². The molecule has 1 heterocycles. The molecule has 2 rings (SSSR count). The third-order valence-corrected chi connectivity index (χ3v) is 5.00. The lowest BCUT2D eigenvalue weighted by atomic mass is 9.77. The summed E-state index contributed by atoms with van der Waals surface area (Å²) in [5.41, 5.74) is 1.33. The minimum absolute atomic E-state index is 0.340. The Balaban J connectivity index is 2.32. The van der Waals surface area contributed by atoms with Crippen molar-refractivity contribution < 1.29 is 18.8 Å². The predicted octanol–water partition coefficient (Wildman–Crippen LogP) is 3.36. The second-order valence-corrected chi connectivity index (χ2v) is 7.48. The maximum absolute atomic E-state index is 11.7. The number of carbonyl (C=O) groups is 1. The molecule has 0 bridgehead atoms. The molecule has 0 saturated carbocycles. The summed E-state index contributed by atoms with van der Waals surface area (Å²) in [5, 5.41) is 3.48. The van der Waals surface area contributed by atoms with Gasteiger partial charge in [0.05, 0.1) is 28.9 Å². The van der Waals surface area contributed by atoms with E-state index >= 15 is 0 Å². The van der Waals surface area contributed by atoms with E-state index < -0.39 is 24.3 Å². The Kier molecular flexibility index (Phi) is 5.99. The van der Waals surface area contributed by atoms with E-state index in [9.17, 15) is 4.79 Å². The first kappa shape index (κ1) is 20.0. The maximum Gasteiger partial charge on any atom is 0.491 e. The number of nitrogens with one attached hydrogen (secondary N) is 1. The Labute approximate surface area is 154 Å². The van der Waals surface area contributed by atoms with E-state index in [1.54, 1.807) is 12.1 Å². The molecule has 1 aromatic rings. The maximum atomic E-state index is 11.7. The van der Waals surface area contributed by atoms with E-state index in [0.717, 1.165) is 11.0 Å². The van der Waals surface area contributed by atoms with Crippen LogP contribution in [0.25, 0.3) is 6.08 Å². The first-order chi connectivity index (χ1) is 11.6. The molecule has 1 saturated heterocycles. The van der Waals surface area contributed by atoms with Gasteiger partial charge in [-0.15, -0.1) is 0 Å². The molecule has 25 heavy (non-hydrogen) atoms. The van der Waals surface area contributed by atoms with Crippen LogP contribution in [-0.2, 0) is 14.0 Å². The average molecular weight is 366 g/mol. The first-order valence-electron chi connectivity index (χ1n) is 8.20. The van der Waals surface area contributed by atoms with Crippen molar-refractivity contribution in [2.24, 2.45) is 0 Å². The first-order valence-corrected chi connectivity index (χ1v) is 8.57. The second-order valence-electron chi connectivity index (χ2n) is 7.07. The van der Waals surface area contributed by atoms with Crippen molar-refractivity contribution in [1.82, 2.24) is 5.32 Å². The van der Waals surface area contributed by atoms with Crippen LogP contribution in [0.5, 0.6) is 0 Å². The van der Waals surface area contributed by atoms with Crippen LogP contribution >= 0.6 is 11.6 Å². The van der Waals surface area contributed by atoms with Crippen LogP contribution in [-0.4, -0.2) is 45.0 Å². The smallest absolute Gasteiger partial charge is 0.465 e. The summed E-state index contributed by atoms with van der Waals surface area (Å²) in [7, 11) is 2.75. The summed E-state index contributed by atoms with van der Waals surface area (Å²) in [6.07, 6.45) is 1.96. The number of esters is 1. The van der Waals surface area contributed by atoms with Gasteiger partial charge in [-0.3, -0.25) is 0 Å². The fraction of sp³-hybridized carbons (Fsp3) is 0.500. The number of hydrogen-bond acceptors (Lipinski definition) is 5. The van der Waals surface area contributed by atoms with Gasteiger partial charge in [-0.2, -0.15) is 0 Å². The van der Waals surface area contributed by atoms with Crippen LogP contribution < -0.4 is 5.32 Å². The molecule has 1 aliphatic heterocycles. The Hall–Kier alpha value is -1.34. The normalized spacial score (nSPS) is 19.2. The molecule has 0 aromatic heterocycles. The molecule has 5 nitrogen and oxygen atoms in total. The molecule has 0 spiro atoms. The molecule has 1 fully saturated rings. The van der Waals surface area contributed by atoms with E-state index in [1.165, 1.54) is 7.11 Å². The Morgan fingerprint density at radius 1 is 1.28 bits per heavy atom. The third kappa shape index (κ3) is 4.26. The van der Waals surface area contributed by atoms with Gasteiger partial charge in [-0.05, 0) is 57.9 Å². The van der Waals surface area contributed by atoms with Crippen molar-refractivity contribution in [3.63, 3.8) is 0 Å². The summed E-state index contributed by atoms with van der Waals surface area (Å²) in [4.78, 5) is 11.7. The second kappa shape index (κ2) is 7.50. The highest BCUT2D eigenvalue weighted by atomic mass is 35.5. The van der Waals surface area contributed by atoms with Crippen LogP contribution in [0.15, 0.2) is 23.7 Å². The van der Waals surface area contributed by atoms with Crippen molar-refractivity contribution in [2.75, 3.05) is 20.7 Å². The highest BCUT2D eigenvalue weighted by Crippen LogP contribution is 2.38. The standard InChI is InChI=1S/C18H25BClNO4/c1-17(2)18(3,4)25-19(24-17)13(11-21-5)9-12-7-8-14(15(20)10-12)16(22)23-6/h7-10,21H,11H2,1-6H3. The fourth-order valence-electron chi connectivity index (χ4n) is 2.51. The molecule has 136 valence electrons. The molecule has 0 amide bonds. The lowest BCUT2D eigenvalue weighted by Crippen LogP contribution is -2.41. The van der Waals surface area contributed by atoms with Crippen LogP contribution in [0.2, 0.25) is 5.02 Å². The van der Waals surface area contributed by atoms with Crippen LogP contribution in [0, 0.1) is 0 Å². The number of methoxy groups -OCH3 is 1. The van der Waals surface area contributed by atoms with Crippen LogP contribution in [0.3, 0.4) is 0 Å². The van der Waals surface area contributed by atoms with Gasteiger partial charge in [-0.25, -0.2) is 4.79 Å². The Morgan fingerprint density at radius 2 is 1.88 bits per heavy atom. The summed E-state index contributed by atoms with van der Waals surface area (Å²) in [5.74, 6) is -0.457. The van der Waals surface area contributed by atoms with E-state index in [-0.39, 0.29) is 0 Å². The topological polar surface area (TPSA) is 56.8 Å². The van der Waals surface area contributed by atoms with Gasteiger partial charge in [0, 0.05) is 6.54 Å². The lowest BCUT2D eigenvalue weighted by Gasteiger charge is -2.32. The molecular formula is C18H25BClNO4. The van der Waals surface area contributed by atoms with Gasteiger partial charge in [0.25, 0.3) is 0 Å². The molecule has 1 N–H and O–H groups in total. The SMILES string of the molecule is CNCC(=Cc1ccc(C(=O)OC)c(Cl)c1)B1OC(C)(C)C(C)(C)O1. The summed E-state index contributed by atoms with van der Waals surface area (Å²) in [6, 6.07) is 5.20. The zero-order chi connectivity index (χ0) is 18.8. The highest BCUT2D eigenvalue weighted by Gasteiger charge is 2.52. The summed E-state index contributed by atoms with van der Waals surface area (Å²) >= 11 is 6.21. The summed E-state index contributed by atoms with van der Waals surface area (Å²) in [6.45, 7) is 8.68. The van der Waals surface area contributed by atoms with E-state index in [4.69, 9.17) is 25.6 Å². The van der Waals surface area contributed by atoms with E-state index in [1.807, 2.05) is 46.9 Å². The van der Waals surface area contributed by atoms with E-state index in [2.05, 4.69) is 5.32 Å². The lowest BCUT2D eigenvalue weighted by molar-refractivity contribution is 0.00578. The quantitative estimate of drug-likeness (QED) is 0.640. The van der Waals surface area contributed by atoms with Gasteiger partial charge in [-0.1, -0.05) is 23.7 Å². The third-order valence-electron chi connectivity index (χ3n) is 4.69. The molecule has 0 unspecified atom stereocenters. The number of carbonyl (C=O) groups excluding carboxylic acids is 1. The van der Waals surface area contributed by atoms with Crippen molar-refractivity contribution >= 4 is 30.8 Å². The Bertz CT molecular complexity index is 672. The fourth-order valence-corrected chi connectivity index (χ4v) is 2.78. The molecule has 0 aliphatic carbocycles. The monoisotopic (exact) mass is 365 g/mol. The zero-order valence-corrected chi connectivity index (χ0v) is 16.4. The van der Waals surface area contributed by atoms with Gasteiger partial charge < -0.3 is 19.4 Å². The van der Waals surface area contributed by atoms with Crippen molar-refractivity contribution in [1.29, 1.82) is 0 Å². The molecular weight excluding hydrogens is 340 g/mol. The number of hydrogen-bond donors (Lipinski definition) is 1. The molecule has 1 aromatic carbocycles. The molecule has 1 aliphatic rings. The van der Waals surface area contributed by atoms with Gasteiger partial charge >= 0.3 is 13.1 Å². The van der Waals surface area contributed by atoms with Crippen molar-refractivity contribution in [3.8, 4) is 0 Å². The Morgan fingerprint density at radius 3 is 2.36 bits per heavy atom.